The van der Waals surface area contributed by atoms with Crippen LogP contribution in [0, 0.1) is 0 Å². The van der Waals surface area contributed by atoms with Crippen molar-refractivity contribution in [2.24, 2.45) is 0 Å². The summed E-state index contributed by atoms with van der Waals surface area (Å²) in [4.78, 5) is 12.2. The Balaban J connectivity index is 1.55. The average Bonchev–Trinajstić information content (AvgIpc) is 2.68. The summed E-state index contributed by atoms with van der Waals surface area (Å²) in [6.45, 7) is 2.41. The lowest BCUT2D eigenvalue weighted by Gasteiger charge is -2.15. The van der Waals surface area contributed by atoms with E-state index >= 15 is 0 Å². The molecule has 0 fully saturated rings. The molecule has 3 aromatic rings. The second-order valence-corrected chi connectivity index (χ2v) is 6.01. The third kappa shape index (κ3) is 4.70. The zero-order valence-electron chi connectivity index (χ0n) is 14.3. The monoisotopic (exact) mass is 330 g/mol. The molecule has 0 aromatic heterocycles. The molecule has 0 radical (unpaired) electrons. The van der Waals surface area contributed by atoms with Gasteiger partial charge in [-0.1, -0.05) is 72.8 Å². The van der Waals surface area contributed by atoms with E-state index in [1.165, 1.54) is 5.56 Å². The molecule has 2 N–H and O–H groups in total. The second kappa shape index (κ2) is 8.15. The highest BCUT2D eigenvalue weighted by Crippen LogP contribution is 2.21. The lowest BCUT2D eigenvalue weighted by atomic mass is 10.1. The van der Waals surface area contributed by atoms with Crippen molar-refractivity contribution in [3.8, 4) is 11.1 Å². The molecule has 0 aliphatic carbocycles. The quantitative estimate of drug-likeness (QED) is 0.700. The summed E-state index contributed by atoms with van der Waals surface area (Å²) in [6.07, 6.45) is 0. The first-order valence-corrected chi connectivity index (χ1v) is 8.46. The van der Waals surface area contributed by atoms with Crippen molar-refractivity contribution in [2.75, 3.05) is 5.32 Å². The number of benzene rings is 3. The summed E-state index contributed by atoms with van der Waals surface area (Å²) in [5.74, 6) is -0.0176. The lowest BCUT2D eigenvalue weighted by Crippen LogP contribution is -2.37. The van der Waals surface area contributed by atoms with Gasteiger partial charge in [-0.15, -0.1) is 0 Å². The van der Waals surface area contributed by atoms with Crippen LogP contribution >= 0.6 is 0 Å². The third-order valence-corrected chi connectivity index (χ3v) is 4.08. The van der Waals surface area contributed by atoms with Crippen LogP contribution in [0.4, 0.5) is 5.69 Å². The number of amides is 1. The normalized spacial score (nSPS) is 11.6. The molecule has 126 valence electrons. The number of hydrogen-bond acceptors (Lipinski definition) is 2. The Morgan fingerprint density at radius 1 is 0.800 bits per heavy atom. The van der Waals surface area contributed by atoms with E-state index in [-0.39, 0.29) is 11.9 Å². The Hall–Kier alpha value is -3.07. The van der Waals surface area contributed by atoms with E-state index in [1.807, 2.05) is 67.6 Å². The van der Waals surface area contributed by atoms with Crippen LogP contribution in [0.2, 0.25) is 0 Å². The van der Waals surface area contributed by atoms with E-state index < -0.39 is 0 Å². The van der Waals surface area contributed by atoms with Crippen LogP contribution < -0.4 is 10.6 Å². The SMILES string of the molecule is C[C@H](Nc1ccc(-c2ccccc2)cc1)C(=O)NCc1ccccc1. The Morgan fingerprint density at radius 3 is 2.00 bits per heavy atom. The number of hydrogen-bond donors (Lipinski definition) is 2. The molecule has 0 unspecified atom stereocenters. The number of anilines is 1. The first-order chi connectivity index (χ1) is 12.2. The number of carbonyl (C=O) groups excluding carboxylic acids is 1. The van der Waals surface area contributed by atoms with Gasteiger partial charge in [-0.05, 0) is 35.7 Å². The van der Waals surface area contributed by atoms with E-state index in [9.17, 15) is 4.79 Å². The van der Waals surface area contributed by atoms with Crippen LogP contribution in [-0.4, -0.2) is 11.9 Å². The van der Waals surface area contributed by atoms with E-state index in [2.05, 4.69) is 34.9 Å². The summed E-state index contributed by atoms with van der Waals surface area (Å²) in [5, 5.41) is 6.20. The molecule has 1 amide bonds. The molecular formula is C22H22N2O. The number of carbonyl (C=O) groups is 1. The van der Waals surface area contributed by atoms with E-state index in [0.29, 0.717) is 6.54 Å². The summed E-state index contributed by atoms with van der Waals surface area (Å²) in [5.41, 5.74) is 4.37. The predicted octanol–water partition coefficient (Wildman–Crippen LogP) is 4.47. The van der Waals surface area contributed by atoms with Gasteiger partial charge < -0.3 is 10.6 Å². The van der Waals surface area contributed by atoms with Gasteiger partial charge in [0.25, 0.3) is 0 Å². The van der Waals surface area contributed by atoms with E-state index in [1.54, 1.807) is 0 Å². The van der Waals surface area contributed by atoms with Crippen LogP contribution in [0.3, 0.4) is 0 Å². The Morgan fingerprint density at radius 2 is 1.36 bits per heavy atom. The van der Waals surface area contributed by atoms with Crippen LogP contribution in [0.15, 0.2) is 84.9 Å². The molecule has 0 aliphatic heterocycles. The first-order valence-electron chi connectivity index (χ1n) is 8.46. The topological polar surface area (TPSA) is 41.1 Å². The molecule has 25 heavy (non-hydrogen) atoms. The Bertz CT molecular complexity index is 798. The average molecular weight is 330 g/mol. The van der Waals surface area contributed by atoms with Crippen molar-refractivity contribution in [2.45, 2.75) is 19.5 Å². The second-order valence-electron chi connectivity index (χ2n) is 6.01. The van der Waals surface area contributed by atoms with Crippen LogP contribution in [0.1, 0.15) is 12.5 Å². The lowest BCUT2D eigenvalue weighted by molar-refractivity contribution is -0.121. The standard InChI is InChI=1S/C22H22N2O/c1-17(22(25)23-16-18-8-4-2-5-9-18)24-21-14-12-20(13-15-21)19-10-6-3-7-11-19/h2-15,17,24H,16H2,1H3,(H,23,25)/t17-/m0/s1. The third-order valence-electron chi connectivity index (χ3n) is 4.08. The number of nitrogens with one attached hydrogen (secondary N) is 2. The molecule has 0 spiro atoms. The fraction of sp³-hybridized carbons (Fsp3) is 0.136. The Kier molecular flexibility index (Phi) is 5.47. The van der Waals surface area contributed by atoms with Gasteiger partial charge in [0, 0.05) is 12.2 Å². The molecular weight excluding hydrogens is 308 g/mol. The van der Waals surface area contributed by atoms with Gasteiger partial charge in [0.2, 0.25) is 5.91 Å². The van der Waals surface area contributed by atoms with Gasteiger partial charge in [-0.25, -0.2) is 0 Å². The molecule has 0 saturated carbocycles. The molecule has 3 aromatic carbocycles. The van der Waals surface area contributed by atoms with Crippen LogP contribution in [-0.2, 0) is 11.3 Å². The summed E-state index contributed by atoms with van der Waals surface area (Å²) in [7, 11) is 0. The zero-order chi connectivity index (χ0) is 17.5. The zero-order valence-corrected chi connectivity index (χ0v) is 14.3. The van der Waals surface area contributed by atoms with E-state index in [4.69, 9.17) is 0 Å². The number of rotatable bonds is 6. The molecule has 3 rings (SSSR count). The van der Waals surface area contributed by atoms with Gasteiger partial charge in [-0.2, -0.15) is 0 Å². The van der Waals surface area contributed by atoms with Crippen molar-refractivity contribution in [1.82, 2.24) is 5.32 Å². The maximum absolute atomic E-state index is 12.2. The summed E-state index contributed by atoms with van der Waals surface area (Å²) in [6, 6.07) is 28.0. The fourth-order valence-electron chi connectivity index (χ4n) is 2.64. The minimum atomic E-state index is -0.300. The highest BCUT2D eigenvalue weighted by atomic mass is 16.2. The summed E-state index contributed by atoms with van der Waals surface area (Å²) < 4.78 is 0. The van der Waals surface area contributed by atoms with E-state index in [0.717, 1.165) is 16.8 Å². The van der Waals surface area contributed by atoms with Crippen molar-refractivity contribution >= 4 is 11.6 Å². The van der Waals surface area contributed by atoms with Crippen molar-refractivity contribution in [3.63, 3.8) is 0 Å². The van der Waals surface area contributed by atoms with Gasteiger partial charge in [0.15, 0.2) is 0 Å². The molecule has 0 aliphatic rings. The van der Waals surface area contributed by atoms with Crippen molar-refractivity contribution in [3.05, 3.63) is 90.5 Å². The molecule has 3 heteroatoms. The molecule has 0 heterocycles. The Labute approximate surface area is 148 Å². The van der Waals surface area contributed by atoms with Crippen LogP contribution in [0.5, 0.6) is 0 Å². The molecule has 0 saturated heterocycles. The maximum atomic E-state index is 12.2. The summed E-state index contributed by atoms with van der Waals surface area (Å²) >= 11 is 0. The smallest absolute Gasteiger partial charge is 0.242 e. The predicted molar refractivity (Wildman–Crippen MR) is 103 cm³/mol. The van der Waals surface area contributed by atoms with Gasteiger partial charge in [0.1, 0.15) is 6.04 Å². The largest absolute Gasteiger partial charge is 0.374 e. The van der Waals surface area contributed by atoms with Gasteiger partial charge in [0.05, 0.1) is 0 Å². The van der Waals surface area contributed by atoms with Crippen LogP contribution in [0.25, 0.3) is 11.1 Å². The fourth-order valence-corrected chi connectivity index (χ4v) is 2.64. The first kappa shape index (κ1) is 16.8. The highest BCUT2D eigenvalue weighted by molar-refractivity contribution is 5.84. The minimum Gasteiger partial charge on any atom is -0.374 e. The molecule has 1 atom stereocenters. The van der Waals surface area contributed by atoms with Crippen molar-refractivity contribution in [1.29, 1.82) is 0 Å². The molecule has 3 nitrogen and oxygen atoms in total. The van der Waals surface area contributed by atoms with Gasteiger partial charge >= 0.3 is 0 Å². The highest BCUT2D eigenvalue weighted by Gasteiger charge is 2.12. The minimum absolute atomic E-state index is 0.0176. The van der Waals surface area contributed by atoms with Gasteiger partial charge in [-0.3, -0.25) is 4.79 Å². The maximum Gasteiger partial charge on any atom is 0.242 e. The van der Waals surface area contributed by atoms with Crippen molar-refractivity contribution < 1.29 is 4.79 Å². The molecule has 0 bridgehead atoms.